The lowest BCUT2D eigenvalue weighted by atomic mass is 9.95. The second-order valence-corrected chi connectivity index (χ2v) is 11.8. The van der Waals surface area contributed by atoms with Gasteiger partial charge in [0.1, 0.15) is 5.52 Å². The summed E-state index contributed by atoms with van der Waals surface area (Å²) < 4.78 is 90.1. The Kier molecular flexibility index (Phi) is 9.49. The van der Waals surface area contributed by atoms with Gasteiger partial charge in [0.2, 0.25) is 0 Å². The Morgan fingerprint density at radius 2 is 1.64 bits per heavy atom. The van der Waals surface area contributed by atoms with Gasteiger partial charge in [0.15, 0.2) is 6.04 Å². The maximum atomic E-state index is 14.4. The van der Waals surface area contributed by atoms with Crippen molar-refractivity contribution in [1.82, 2.24) is 25.1 Å². The zero-order valence-electron chi connectivity index (χ0n) is 25.3. The molecule has 47 heavy (non-hydrogen) atoms. The quantitative estimate of drug-likeness (QED) is 0.225. The zero-order valence-corrected chi connectivity index (χ0v) is 25.3. The van der Waals surface area contributed by atoms with Gasteiger partial charge in [-0.05, 0) is 55.8 Å². The van der Waals surface area contributed by atoms with Gasteiger partial charge in [-0.2, -0.15) is 26.3 Å². The van der Waals surface area contributed by atoms with Crippen LogP contribution >= 0.6 is 0 Å². The summed E-state index contributed by atoms with van der Waals surface area (Å²) in [6.45, 7) is 4.29. The fourth-order valence-electron chi connectivity index (χ4n) is 6.42. The number of pyridine rings is 2. The third kappa shape index (κ3) is 7.42. The van der Waals surface area contributed by atoms with Crippen molar-refractivity contribution in [3.63, 3.8) is 0 Å². The topological polar surface area (TPSA) is 70.6 Å². The number of rotatable bonds is 7. The minimum atomic E-state index is -4.83. The van der Waals surface area contributed by atoms with E-state index in [1.54, 1.807) is 12.1 Å². The van der Waals surface area contributed by atoms with Crippen LogP contribution in [0.15, 0.2) is 72.9 Å². The molecule has 13 heteroatoms. The van der Waals surface area contributed by atoms with Crippen LogP contribution in [0.5, 0.6) is 0 Å². The van der Waals surface area contributed by atoms with Gasteiger partial charge in [-0.1, -0.05) is 42.5 Å². The van der Waals surface area contributed by atoms with Crippen molar-refractivity contribution in [2.24, 2.45) is 0 Å². The summed E-state index contributed by atoms with van der Waals surface area (Å²) in [4.78, 5) is 27.6. The third-order valence-corrected chi connectivity index (χ3v) is 8.77. The van der Waals surface area contributed by atoms with Gasteiger partial charge < -0.3 is 10.1 Å². The summed E-state index contributed by atoms with van der Waals surface area (Å²) in [5.41, 5.74) is -0.600. The Labute approximate surface area is 267 Å². The number of piperidine rings is 1. The highest BCUT2D eigenvalue weighted by molar-refractivity contribution is 6.07. The van der Waals surface area contributed by atoms with Gasteiger partial charge in [0.05, 0.1) is 35.6 Å². The number of carbonyl (C=O) groups is 1. The Bertz CT molecular complexity index is 1700. The first-order valence-electron chi connectivity index (χ1n) is 15.4. The van der Waals surface area contributed by atoms with E-state index in [1.807, 2.05) is 0 Å². The van der Waals surface area contributed by atoms with E-state index in [0.717, 1.165) is 38.1 Å². The fraction of sp³-hybridized carbons (Fsp3) is 0.382. The number of alkyl halides is 6. The molecule has 1 N–H and O–H groups in total. The number of carbonyl (C=O) groups excluding carboxylic acids is 1. The lowest BCUT2D eigenvalue weighted by Crippen LogP contribution is -2.48. The van der Waals surface area contributed by atoms with Crippen LogP contribution in [0.3, 0.4) is 0 Å². The molecular weight excluding hydrogens is 624 g/mol. The molecule has 2 aliphatic rings. The van der Waals surface area contributed by atoms with E-state index in [2.05, 4.69) is 25.1 Å². The van der Waals surface area contributed by atoms with E-state index in [1.165, 1.54) is 48.7 Å². The maximum absolute atomic E-state index is 14.4. The number of likely N-dealkylation sites (tertiary alicyclic amines) is 1. The third-order valence-electron chi connectivity index (χ3n) is 8.77. The predicted octanol–water partition coefficient (Wildman–Crippen LogP) is 6.65. The van der Waals surface area contributed by atoms with Crippen molar-refractivity contribution in [3.05, 3.63) is 95.2 Å². The highest BCUT2D eigenvalue weighted by atomic mass is 19.4. The molecule has 4 heterocycles. The van der Waals surface area contributed by atoms with Crippen LogP contribution < -0.4 is 5.32 Å². The first-order chi connectivity index (χ1) is 22.5. The molecule has 1 atom stereocenters. The Morgan fingerprint density at radius 3 is 2.32 bits per heavy atom. The first kappa shape index (κ1) is 32.9. The molecule has 0 spiro atoms. The summed E-state index contributed by atoms with van der Waals surface area (Å²) in [6, 6.07) is 12.7. The van der Waals surface area contributed by atoms with Gasteiger partial charge >= 0.3 is 12.4 Å². The molecule has 0 aliphatic carbocycles. The average molecular weight is 658 g/mol. The Morgan fingerprint density at radius 1 is 0.915 bits per heavy atom. The molecule has 1 amide bonds. The molecule has 4 aromatic rings. The molecule has 0 radical (unpaired) electrons. The zero-order chi connectivity index (χ0) is 33.2. The van der Waals surface area contributed by atoms with Crippen LogP contribution in [-0.2, 0) is 17.5 Å². The van der Waals surface area contributed by atoms with Crippen molar-refractivity contribution >= 4 is 16.9 Å². The van der Waals surface area contributed by atoms with E-state index < -0.39 is 29.9 Å². The summed E-state index contributed by atoms with van der Waals surface area (Å²) in [7, 11) is 0. The normalized spacial score (nSPS) is 17.9. The van der Waals surface area contributed by atoms with Crippen molar-refractivity contribution in [2.75, 3.05) is 39.4 Å². The lowest BCUT2D eigenvalue weighted by Gasteiger charge is -2.40. The number of benzene rings is 2. The van der Waals surface area contributed by atoms with Gasteiger partial charge in [-0.25, -0.2) is 4.98 Å². The van der Waals surface area contributed by atoms with E-state index in [4.69, 9.17) is 4.74 Å². The SMILES string of the molecule is O=C(NC(c1ccccc1)C(F)(F)F)c1c(CN2CCC(N3CCOCC3)CC2)c(-c2cccc(C(F)(F)F)c2)nc2cccnc12. The molecule has 2 saturated heterocycles. The minimum absolute atomic E-state index is 0.0629. The van der Waals surface area contributed by atoms with Crippen molar-refractivity contribution in [2.45, 2.75) is 43.8 Å². The number of ether oxygens (including phenoxy) is 1. The van der Waals surface area contributed by atoms with Gasteiger partial charge in [-0.3, -0.25) is 19.6 Å². The number of nitrogens with one attached hydrogen (secondary N) is 1. The Hall–Kier alpha value is -4.07. The highest BCUT2D eigenvalue weighted by Crippen LogP contribution is 2.37. The highest BCUT2D eigenvalue weighted by Gasteiger charge is 2.43. The van der Waals surface area contributed by atoms with Crippen LogP contribution in [0.4, 0.5) is 26.3 Å². The molecule has 0 saturated carbocycles. The van der Waals surface area contributed by atoms with Crippen molar-refractivity contribution < 1.29 is 35.9 Å². The summed E-state index contributed by atoms with van der Waals surface area (Å²) in [6.07, 6.45) is -6.46. The summed E-state index contributed by atoms with van der Waals surface area (Å²) in [5.74, 6) is -1.05. The average Bonchev–Trinajstić information content (AvgIpc) is 3.07. The van der Waals surface area contributed by atoms with Crippen LogP contribution in [0, 0.1) is 0 Å². The van der Waals surface area contributed by atoms with Gasteiger partial charge in [-0.15, -0.1) is 0 Å². The standard InChI is InChI=1S/C34H33F6N5O2/c35-33(36,37)24-9-4-8-23(20-24)29-26(21-44-14-11-25(12-15-44)45-16-18-47-19-17-45)28(30-27(42-29)10-5-13-41-30)32(46)43-31(34(38,39)40)22-6-2-1-3-7-22/h1-10,13,20,25,31H,11-12,14-19,21H2,(H,43,46). The van der Waals surface area contributed by atoms with E-state index >= 15 is 0 Å². The summed E-state index contributed by atoms with van der Waals surface area (Å²) >= 11 is 0. The number of morpholine rings is 1. The van der Waals surface area contributed by atoms with Crippen molar-refractivity contribution in [3.8, 4) is 11.3 Å². The molecule has 1 unspecified atom stereocenters. The molecule has 2 aromatic carbocycles. The molecule has 2 fully saturated rings. The second kappa shape index (κ2) is 13.6. The van der Waals surface area contributed by atoms with Gasteiger partial charge in [0.25, 0.3) is 5.91 Å². The summed E-state index contributed by atoms with van der Waals surface area (Å²) in [5, 5.41) is 2.17. The molecule has 2 aliphatic heterocycles. The van der Waals surface area contributed by atoms with E-state index in [0.29, 0.717) is 32.3 Å². The van der Waals surface area contributed by atoms with Gasteiger partial charge in [0, 0.05) is 43.0 Å². The molecule has 248 valence electrons. The molecular formula is C34H33F6N5O2. The Balaban J connectivity index is 1.44. The number of aromatic nitrogens is 2. The minimum Gasteiger partial charge on any atom is -0.379 e. The first-order valence-corrected chi connectivity index (χ1v) is 15.4. The largest absolute Gasteiger partial charge is 0.416 e. The van der Waals surface area contributed by atoms with Crippen LogP contribution in [0.1, 0.15) is 45.9 Å². The van der Waals surface area contributed by atoms with Crippen LogP contribution in [0.2, 0.25) is 0 Å². The number of halogens is 6. The maximum Gasteiger partial charge on any atom is 0.416 e. The monoisotopic (exact) mass is 657 g/mol. The molecule has 6 rings (SSSR count). The lowest BCUT2D eigenvalue weighted by molar-refractivity contribution is -0.155. The van der Waals surface area contributed by atoms with E-state index in [9.17, 15) is 31.1 Å². The van der Waals surface area contributed by atoms with Crippen LogP contribution in [-0.4, -0.2) is 77.3 Å². The molecule has 7 nitrogen and oxygen atoms in total. The van der Waals surface area contributed by atoms with Crippen molar-refractivity contribution in [1.29, 1.82) is 0 Å². The van der Waals surface area contributed by atoms with Crippen LogP contribution in [0.25, 0.3) is 22.3 Å². The predicted molar refractivity (Wildman–Crippen MR) is 163 cm³/mol. The number of hydrogen-bond donors (Lipinski definition) is 1. The fourth-order valence-corrected chi connectivity index (χ4v) is 6.42. The number of amides is 1. The molecule has 0 bridgehead atoms. The second-order valence-electron chi connectivity index (χ2n) is 11.8. The number of fused-ring (bicyclic) bond motifs is 1. The van der Waals surface area contributed by atoms with E-state index in [-0.39, 0.29) is 45.5 Å². The smallest absolute Gasteiger partial charge is 0.379 e. The molecule has 2 aromatic heterocycles. The number of nitrogens with zero attached hydrogens (tertiary/aromatic N) is 4. The number of hydrogen-bond acceptors (Lipinski definition) is 6.